The van der Waals surface area contributed by atoms with Crippen molar-refractivity contribution in [3.8, 4) is 0 Å². The maximum absolute atomic E-state index is 12.8. The Bertz CT molecular complexity index is 1020. The number of aromatic nitrogens is 3. The summed E-state index contributed by atoms with van der Waals surface area (Å²) in [6.45, 7) is 1.96. The van der Waals surface area contributed by atoms with E-state index < -0.39 is 10.0 Å². The first-order chi connectivity index (χ1) is 11.6. The van der Waals surface area contributed by atoms with Gasteiger partial charge in [-0.2, -0.15) is 5.10 Å². The molecule has 2 aromatic heterocycles. The molecule has 1 aromatic carbocycles. The van der Waals surface area contributed by atoms with Crippen molar-refractivity contribution in [2.45, 2.75) is 37.5 Å². The minimum Gasteiger partial charge on any atom is -0.276 e. The van der Waals surface area contributed by atoms with Crippen molar-refractivity contribution in [3.63, 3.8) is 0 Å². The van der Waals surface area contributed by atoms with Crippen LogP contribution in [0.1, 0.15) is 30.3 Å². The fourth-order valence-corrected chi connectivity index (χ4v) is 4.21. The van der Waals surface area contributed by atoms with Gasteiger partial charge in [0.05, 0.1) is 10.6 Å². The highest BCUT2D eigenvalue weighted by Crippen LogP contribution is 2.26. The number of hydrogen-bond donors (Lipinski definition) is 1. The second-order valence-electron chi connectivity index (χ2n) is 5.96. The molecule has 3 aromatic rings. The summed E-state index contributed by atoms with van der Waals surface area (Å²) in [7, 11) is -3.65. The summed E-state index contributed by atoms with van der Waals surface area (Å²) >= 11 is 0. The van der Waals surface area contributed by atoms with Crippen molar-refractivity contribution in [1.29, 1.82) is 0 Å². The van der Waals surface area contributed by atoms with Crippen LogP contribution in [-0.4, -0.2) is 23.0 Å². The third-order valence-electron chi connectivity index (χ3n) is 4.35. The molecule has 1 aliphatic rings. The van der Waals surface area contributed by atoms with E-state index in [0.29, 0.717) is 28.5 Å². The summed E-state index contributed by atoms with van der Waals surface area (Å²) < 4.78 is 29.8. The molecule has 0 unspecified atom stereocenters. The van der Waals surface area contributed by atoms with Crippen molar-refractivity contribution >= 4 is 21.4 Å². The van der Waals surface area contributed by atoms with E-state index in [1.165, 1.54) is 5.56 Å². The summed E-state index contributed by atoms with van der Waals surface area (Å²) in [6.07, 6.45) is 5.51. The molecule has 0 spiro atoms. The maximum atomic E-state index is 12.8. The van der Waals surface area contributed by atoms with Gasteiger partial charge in [-0.1, -0.05) is 13.0 Å². The van der Waals surface area contributed by atoms with E-state index in [-0.39, 0.29) is 0 Å². The molecule has 1 aliphatic carbocycles. The Morgan fingerprint density at radius 2 is 2.04 bits per heavy atom. The molecule has 0 bridgehead atoms. The number of fused-ring (bicyclic) bond motifs is 2. The number of hydrogen-bond acceptors (Lipinski definition) is 4. The Balaban J connectivity index is 1.73. The average Bonchev–Trinajstić information content (AvgIpc) is 3.20. The van der Waals surface area contributed by atoms with Crippen LogP contribution < -0.4 is 4.72 Å². The highest BCUT2D eigenvalue weighted by atomic mass is 32.2. The van der Waals surface area contributed by atoms with Crippen molar-refractivity contribution < 1.29 is 8.42 Å². The summed E-state index contributed by atoms with van der Waals surface area (Å²) in [6, 6.07) is 8.83. The molecular formula is C17H18N4O2S. The fourth-order valence-electron chi connectivity index (χ4n) is 3.10. The second-order valence-corrected chi connectivity index (χ2v) is 7.64. The lowest BCUT2D eigenvalue weighted by atomic mass is 10.1. The first kappa shape index (κ1) is 15.1. The van der Waals surface area contributed by atoms with Crippen molar-refractivity contribution in [3.05, 3.63) is 53.5 Å². The van der Waals surface area contributed by atoms with Crippen LogP contribution in [0, 0.1) is 0 Å². The molecule has 7 heteroatoms. The van der Waals surface area contributed by atoms with Crippen molar-refractivity contribution in [2.24, 2.45) is 0 Å². The number of nitrogens with one attached hydrogen (secondary N) is 1. The van der Waals surface area contributed by atoms with E-state index in [4.69, 9.17) is 0 Å². The summed E-state index contributed by atoms with van der Waals surface area (Å²) in [5.41, 5.74) is 3.33. The highest BCUT2D eigenvalue weighted by Gasteiger charge is 2.20. The lowest BCUT2D eigenvalue weighted by Gasteiger charge is -2.10. The monoisotopic (exact) mass is 342 g/mol. The summed E-state index contributed by atoms with van der Waals surface area (Å²) in [5, 5.41) is 4.31. The lowest BCUT2D eigenvalue weighted by molar-refractivity contribution is 0.601. The van der Waals surface area contributed by atoms with Crippen molar-refractivity contribution in [2.75, 3.05) is 4.72 Å². The Kier molecular flexibility index (Phi) is 3.53. The van der Waals surface area contributed by atoms with Gasteiger partial charge in [-0.25, -0.2) is 17.9 Å². The minimum atomic E-state index is -3.65. The van der Waals surface area contributed by atoms with Gasteiger partial charge >= 0.3 is 0 Å². The van der Waals surface area contributed by atoms with Crippen LogP contribution in [-0.2, 0) is 29.3 Å². The lowest BCUT2D eigenvalue weighted by Crippen LogP contribution is -2.14. The Hall–Kier alpha value is -2.41. The molecule has 4 rings (SSSR count). The second kappa shape index (κ2) is 5.59. The minimum absolute atomic E-state index is 0.292. The number of anilines is 1. The normalized spacial score (nSPS) is 14.0. The van der Waals surface area contributed by atoms with Crippen LogP contribution >= 0.6 is 0 Å². The van der Waals surface area contributed by atoms with Gasteiger partial charge in [0.25, 0.3) is 10.0 Å². The first-order valence-electron chi connectivity index (χ1n) is 8.06. The van der Waals surface area contributed by atoms with Crippen LogP contribution in [0.15, 0.2) is 41.4 Å². The first-order valence-corrected chi connectivity index (χ1v) is 9.54. The molecule has 0 aliphatic heterocycles. The van der Waals surface area contributed by atoms with E-state index in [1.54, 1.807) is 35.0 Å². The molecular weight excluding hydrogens is 324 g/mol. The van der Waals surface area contributed by atoms with Gasteiger partial charge in [0, 0.05) is 12.6 Å². The van der Waals surface area contributed by atoms with E-state index in [0.717, 1.165) is 24.8 Å². The highest BCUT2D eigenvalue weighted by molar-refractivity contribution is 7.92. The molecule has 0 radical (unpaired) electrons. The summed E-state index contributed by atoms with van der Waals surface area (Å²) in [5.74, 6) is 0.680. The predicted octanol–water partition coefficient (Wildman–Crippen LogP) is 2.58. The largest absolute Gasteiger partial charge is 0.276 e. The zero-order chi connectivity index (χ0) is 16.7. The zero-order valence-corrected chi connectivity index (χ0v) is 14.2. The molecule has 24 heavy (non-hydrogen) atoms. The quantitative estimate of drug-likeness (QED) is 0.791. The molecule has 0 saturated carbocycles. The van der Waals surface area contributed by atoms with Gasteiger partial charge in [-0.3, -0.25) is 4.72 Å². The molecule has 2 heterocycles. The predicted molar refractivity (Wildman–Crippen MR) is 91.6 cm³/mol. The van der Waals surface area contributed by atoms with Gasteiger partial charge < -0.3 is 0 Å². The molecule has 1 N–H and O–H groups in total. The number of benzene rings is 1. The topological polar surface area (TPSA) is 76.4 Å². The third-order valence-corrected chi connectivity index (χ3v) is 5.71. The number of pyridine rings is 1. The van der Waals surface area contributed by atoms with Gasteiger partial charge in [0.15, 0.2) is 11.5 Å². The Morgan fingerprint density at radius 1 is 1.21 bits per heavy atom. The van der Waals surface area contributed by atoms with E-state index >= 15 is 0 Å². The standard InChI is InChI=1S/C17H18N4O2S/c1-2-16-18-17-15(7-4-10-21(17)19-16)20-24(22,23)14-9-8-12-5-3-6-13(12)11-14/h4,7-11,20H,2-3,5-6H2,1H3. The van der Waals surface area contributed by atoms with Crippen LogP contribution in [0.4, 0.5) is 5.69 Å². The van der Waals surface area contributed by atoms with Gasteiger partial charge in [-0.15, -0.1) is 0 Å². The average molecular weight is 342 g/mol. The number of aryl methyl sites for hydroxylation is 3. The van der Waals surface area contributed by atoms with Gasteiger partial charge in [0.2, 0.25) is 0 Å². The van der Waals surface area contributed by atoms with Crippen LogP contribution in [0.2, 0.25) is 0 Å². The summed E-state index contributed by atoms with van der Waals surface area (Å²) in [4.78, 5) is 4.68. The van der Waals surface area contributed by atoms with E-state index in [9.17, 15) is 8.42 Å². The zero-order valence-electron chi connectivity index (χ0n) is 13.4. The SMILES string of the molecule is CCc1nc2c(NS(=O)(=O)c3ccc4c(c3)CCC4)cccn2n1. The number of rotatable bonds is 4. The third kappa shape index (κ3) is 2.54. The molecule has 0 atom stereocenters. The molecule has 0 fully saturated rings. The fraction of sp³-hybridized carbons (Fsp3) is 0.294. The van der Waals surface area contributed by atoms with Crippen LogP contribution in [0.25, 0.3) is 5.65 Å². The molecule has 0 amide bonds. The molecule has 6 nitrogen and oxygen atoms in total. The van der Waals surface area contributed by atoms with Gasteiger partial charge in [-0.05, 0) is 54.7 Å². The van der Waals surface area contributed by atoms with Gasteiger partial charge in [0.1, 0.15) is 0 Å². The van der Waals surface area contributed by atoms with Crippen LogP contribution in [0.5, 0.6) is 0 Å². The molecule has 0 saturated heterocycles. The van der Waals surface area contributed by atoms with E-state index in [1.807, 2.05) is 13.0 Å². The maximum Gasteiger partial charge on any atom is 0.262 e. The molecule has 124 valence electrons. The Labute approximate surface area is 140 Å². The Morgan fingerprint density at radius 3 is 2.88 bits per heavy atom. The van der Waals surface area contributed by atoms with Crippen molar-refractivity contribution in [1.82, 2.24) is 14.6 Å². The number of nitrogens with zero attached hydrogens (tertiary/aromatic N) is 3. The smallest absolute Gasteiger partial charge is 0.262 e. The van der Waals surface area contributed by atoms with Crippen LogP contribution in [0.3, 0.4) is 0 Å². The van der Waals surface area contributed by atoms with E-state index in [2.05, 4.69) is 14.8 Å². The number of sulfonamides is 1.